The summed E-state index contributed by atoms with van der Waals surface area (Å²) in [5.74, 6) is 0. The average molecular weight is 855 g/mol. The first kappa shape index (κ1) is 41.2. The number of anilines is 6. The van der Waals surface area contributed by atoms with Crippen molar-refractivity contribution >= 4 is 79.2 Å². The molecule has 0 atom stereocenters. The van der Waals surface area contributed by atoms with Crippen LogP contribution < -0.4 is 26.2 Å². The van der Waals surface area contributed by atoms with Crippen LogP contribution in [0.4, 0.5) is 34.1 Å². The van der Waals surface area contributed by atoms with Crippen LogP contribution >= 0.6 is 0 Å². The molecule has 0 radical (unpaired) electrons. The molecule has 7 aromatic rings. The Balaban J connectivity index is 1.21. The molecule has 3 aliphatic carbocycles. The van der Waals surface area contributed by atoms with Gasteiger partial charge in [0.1, 0.15) is 11.2 Å². The second-order valence-corrected chi connectivity index (χ2v) is 25.0. The molecule has 65 heavy (non-hydrogen) atoms. The van der Waals surface area contributed by atoms with Gasteiger partial charge in [-0.2, -0.15) is 0 Å². The van der Waals surface area contributed by atoms with Gasteiger partial charge in [0.25, 0.3) is 6.71 Å². The summed E-state index contributed by atoms with van der Waals surface area (Å²) < 4.78 is 6.46. The van der Waals surface area contributed by atoms with Crippen molar-refractivity contribution in [1.82, 2.24) is 0 Å². The smallest absolute Gasteiger partial charge is 0.252 e. The highest BCUT2D eigenvalue weighted by atomic mass is 16.3. The molecule has 5 aliphatic rings. The van der Waals surface area contributed by atoms with Crippen LogP contribution in [0.25, 0.3) is 21.9 Å². The van der Waals surface area contributed by atoms with Crippen molar-refractivity contribution in [3.8, 4) is 0 Å². The maximum atomic E-state index is 6.46. The Kier molecular flexibility index (Phi) is 8.26. The van der Waals surface area contributed by atoms with E-state index in [4.69, 9.17) is 4.42 Å². The van der Waals surface area contributed by atoms with Gasteiger partial charge in [0.2, 0.25) is 0 Å². The number of hydrogen-bond acceptors (Lipinski definition) is 3. The zero-order chi connectivity index (χ0) is 45.5. The first-order valence-electron chi connectivity index (χ1n) is 24.8. The van der Waals surface area contributed by atoms with Crippen molar-refractivity contribution in [1.29, 1.82) is 0 Å². The van der Waals surface area contributed by atoms with E-state index in [-0.39, 0.29) is 39.2 Å². The lowest BCUT2D eigenvalue weighted by atomic mass is 9.32. The van der Waals surface area contributed by atoms with Gasteiger partial charge in [-0.05, 0) is 194 Å². The van der Waals surface area contributed by atoms with Crippen LogP contribution in [-0.4, -0.2) is 6.71 Å². The summed E-state index contributed by atoms with van der Waals surface area (Å²) >= 11 is 0. The van der Waals surface area contributed by atoms with E-state index in [2.05, 4.69) is 197 Å². The highest BCUT2D eigenvalue weighted by molar-refractivity contribution is 7.00. The molecule has 0 unspecified atom stereocenters. The molecule has 0 N–H and O–H groups in total. The van der Waals surface area contributed by atoms with Crippen LogP contribution in [0.15, 0.2) is 101 Å². The molecule has 0 bridgehead atoms. The van der Waals surface area contributed by atoms with Crippen molar-refractivity contribution in [3.05, 3.63) is 136 Å². The third-order valence-corrected chi connectivity index (χ3v) is 17.9. The summed E-state index contributed by atoms with van der Waals surface area (Å²) in [6, 6.07) is 38.7. The molecule has 3 nitrogen and oxygen atoms in total. The van der Waals surface area contributed by atoms with E-state index in [1.165, 1.54) is 128 Å². The molecular formula is C61H67BN2O. The van der Waals surface area contributed by atoms with E-state index in [1.54, 1.807) is 0 Å². The first-order chi connectivity index (χ1) is 30.6. The Labute approximate surface area is 388 Å². The van der Waals surface area contributed by atoms with Gasteiger partial charge in [0, 0.05) is 44.9 Å². The quantitative estimate of drug-likeness (QED) is 0.162. The highest BCUT2D eigenvalue weighted by Gasteiger charge is 2.49. The van der Waals surface area contributed by atoms with Gasteiger partial charge >= 0.3 is 0 Å². The molecule has 0 fully saturated rings. The number of benzene rings is 6. The number of aryl methyl sites for hydroxylation is 1. The lowest BCUT2D eigenvalue weighted by Gasteiger charge is -2.49. The van der Waals surface area contributed by atoms with Gasteiger partial charge in [-0.25, -0.2) is 0 Å². The normalized spacial score (nSPS) is 21.0. The van der Waals surface area contributed by atoms with E-state index >= 15 is 0 Å². The zero-order valence-electron chi connectivity index (χ0n) is 41.4. The molecule has 4 heteroatoms. The summed E-state index contributed by atoms with van der Waals surface area (Å²) in [7, 11) is 0. The molecular weight excluding hydrogens is 787 g/mol. The van der Waals surface area contributed by atoms with E-state index in [0.29, 0.717) is 0 Å². The SMILES string of the molecule is Cc1cc2c3c(c1)N(c1ccc4oc5ccccc5c4c1)c1cc4c(cc1B3c1cc3c(cc1N2c1ccc2c(c1)C(C)(C)CCC2(C)C)C(C)(C)CCC3(C)C)C(C)(C)CCC4(C)C. The number of fused-ring (bicyclic) bond motifs is 10. The topological polar surface area (TPSA) is 19.6 Å². The van der Waals surface area contributed by atoms with Gasteiger partial charge in [-0.15, -0.1) is 0 Å². The van der Waals surface area contributed by atoms with Crippen LogP contribution in [0, 0.1) is 6.92 Å². The van der Waals surface area contributed by atoms with Crippen molar-refractivity contribution in [2.24, 2.45) is 0 Å². The van der Waals surface area contributed by atoms with Gasteiger partial charge in [-0.1, -0.05) is 119 Å². The summed E-state index contributed by atoms with van der Waals surface area (Å²) in [4.78, 5) is 5.35. The van der Waals surface area contributed by atoms with Gasteiger partial charge in [-0.3, -0.25) is 0 Å². The van der Waals surface area contributed by atoms with Crippen LogP contribution in [0.3, 0.4) is 0 Å². The van der Waals surface area contributed by atoms with Crippen LogP contribution in [-0.2, 0) is 32.5 Å². The molecule has 0 spiro atoms. The third kappa shape index (κ3) is 5.80. The van der Waals surface area contributed by atoms with Crippen molar-refractivity contribution in [2.75, 3.05) is 9.80 Å². The minimum atomic E-state index is 0.0546. The molecule has 3 heterocycles. The summed E-state index contributed by atoms with van der Waals surface area (Å²) in [6.45, 7) is 32.1. The molecule has 6 aromatic carbocycles. The fourth-order valence-electron chi connectivity index (χ4n) is 13.4. The largest absolute Gasteiger partial charge is 0.456 e. The second kappa shape index (κ2) is 13.0. The average Bonchev–Trinajstić information content (AvgIpc) is 3.63. The minimum absolute atomic E-state index is 0.0546. The second-order valence-electron chi connectivity index (χ2n) is 25.0. The summed E-state index contributed by atoms with van der Waals surface area (Å²) in [5, 5.41) is 2.32. The predicted octanol–water partition coefficient (Wildman–Crippen LogP) is 15.0. The maximum absolute atomic E-state index is 6.46. The molecule has 0 saturated carbocycles. The Morgan fingerprint density at radius 2 is 0.815 bits per heavy atom. The monoisotopic (exact) mass is 855 g/mol. The van der Waals surface area contributed by atoms with Crippen LogP contribution in [0.5, 0.6) is 0 Å². The zero-order valence-corrected chi connectivity index (χ0v) is 41.4. The summed E-state index contributed by atoms with van der Waals surface area (Å²) in [6.07, 6.45) is 7.11. The molecule has 0 amide bonds. The Bertz CT molecular complexity index is 3210. The summed E-state index contributed by atoms with van der Waals surface area (Å²) in [5.41, 5.74) is 24.6. The Morgan fingerprint density at radius 3 is 1.34 bits per heavy atom. The third-order valence-electron chi connectivity index (χ3n) is 17.9. The van der Waals surface area contributed by atoms with E-state index in [9.17, 15) is 0 Å². The molecule has 1 aromatic heterocycles. The van der Waals surface area contributed by atoms with Crippen molar-refractivity contribution < 1.29 is 4.42 Å². The van der Waals surface area contributed by atoms with Crippen LogP contribution in [0.1, 0.15) is 161 Å². The van der Waals surface area contributed by atoms with E-state index in [0.717, 1.165) is 21.9 Å². The number of rotatable bonds is 2. The minimum Gasteiger partial charge on any atom is -0.456 e. The number of furan rings is 1. The van der Waals surface area contributed by atoms with Crippen molar-refractivity contribution in [2.45, 2.75) is 161 Å². The van der Waals surface area contributed by atoms with E-state index < -0.39 is 0 Å². The lowest BCUT2D eigenvalue weighted by molar-refractivity contribution is 0.332. The number of hydrogen-bond donors (Lipinski definition) is 0. The van der Waals surface area contributed by atoms with Crippen molar-refractivity contribution in [3.63, 3.8) is 0 Å². The number of nitrogens with zero attached hydrogens (tertiary/aromatic N) is 2. The Morgan fingerprint density at radius 1 is 0.400 bits per heavy atom. The molecule has 0 saturated heterocycles. The van der Waals surface area contributed by atoms with Crippen LogP contribution in [0.2, 0.25) is 0 Å². The van der Waals surface area contributed by atoms with E-state index in [1.807, 2.05) is 0 Å². The fourth-order valence-corrected chi connectivity index (χ4v) is 13.4. The van der Waals surface area contributed by atoms with Gasteiger partial charge in [0.05, 0.1) is 0 Å². The lowest BCUT2D eigenvalue weighted by Crippen LogP contribution is -2.62. The van der Waals surface area contributed by atoms with Gasteiger partial charge < -0.3 is 14.2 Å². The first-order valence-corrected chi connectivity index (χ1v) is 24.8. The molecule has 330 valence electrons. The number of para-hydroxylation sites is 1. The standard InChI is InChI=1S/C61H67BN2O/c1-36-28-51-55-52(29-36)64(38-18-20-41-42(31-38)57(4,5)23-22-56(41,2)3)50-35-46-44(59(8,9)25-27-61(46,12)13)33-48(50)62(55)47-32-43-45(60(10,11)26-24-58(43,6)7)34-49(47)63(51)37-19-21-54-40(30-37)39-16-14-15-17-53(39)65-54/h14-21,28-35H,22-27H2,1-13H3. The fraction of sp³-hybridized carbons (Fsp3) is 0.410. The highest BCUT2D eigenvalue weighted by Crippen LogP contribution is 2.54. The molecule has 12 rings (SSSR count). The predicted molar refractivity (Wildman–Crippen MR) is 278 cm³/mol. The maximum Gasteiger partial charge on any atom is 0.252 e. The van der Waals surface area contributed by atoms with Gasteiger partial charge in [0.15, 0.2) is 0 Å². The Hall–Kier alpha value is -5.22. The molecule has 2 aliphatic heterocycles.